The first-order chi connectivity index (χ1) is 13.4. The van der Waals surface area contributed by atoms with Crippen LogP contribution >= 0.6 is 0 Å². The number of hydrogen-bond acceptors (Lipinski definition) is 5. The van der Waals surface area contributed by atoms with E-state index < -0.39 is 23.6 Å². The number of halogens is 2. The SMILES string of the molecule is CC1CN(C(CNc2ccncc2C(N)=O)c2c(F)cccc2F)CC(C)O1. The predicted molar refractivity (Wildman–Crippen MR) is 102 cm³/mol. The van der Waals surface area contributed by atoms with E-state index in [1.54, 1.807) is 6.07 Å². The predicted octanol–water partition coefficient (Wildman–Crippen LogP) is 2.72. The third-order valence-electron chi connectivity index (χ3n) is 4.79. The molecule has 28 heavy (non-hydrogen) atoms. The summed E-state index contributed by atoms with van der Waals surface area (Å²) in [5, 5.41) is 3.12. The summed E-state index contributed by atoms with van der Waals surface area (Å²) in [5.74, 6) is -1.84. The van der Waals surface area contributed by atoms with Crippen LogP contribution in [-0.2, 0) is 4.74 Å². The quantitative estimate of drug-likeness (QED) is 0.793. The number of morpholine rings is 1. The van der Waals surface area contributed by atoms with Crippen LogP contribution in [0.25, 0.3) is 0 Å². The molecule has 1 aliphatic heterocycles. The van der Waals surface area contributed by atoms with Crippen molar-refractivity contribution >= 4 is 11.6 Å². The van der Waals surface area contributed by atoms with Gasteiger partial charge in [-0.2, -0.15) is 0 Å². The molecule has 150 valence electrons. The van der Waals surface area contributed by atoms with E-state index in [0.29, 0.717) is 18.8 Å². The molecule has 0 aliphatic carbocycles. The summed E-state index contributed by atoms with van der Waals surface area (Å²) < 4.78 is 34.9. The molecule has 2 aromatic rings. The lowest BCUT2D eigenvalue weighted by Gasteiger charge is -2.40. The fourth-order valence-electron chi connectivity index (χ4n) is 3.67. The maximum absolute atomic E-state index is 14.6. The average molecular weight is 390 g/mol. The lowest BCUT2D eigenvalue weighted by molar-refractivity contribution is -0.0801. The Balaban J connectivity index is 1.92. The molecular weight excluding hydrogens is 366 g/mol. The third-order valence-corrected chi connectivity index (χ3v) is 4.79. The zero-order valence-corrected chi connectivity index (χ0v) is 15.9. The fourth-order valence-corrected chi connectivity index (χ4v) is 3.67. The van der Waals surface area contributed by atoms with Crippen LogP contribution in [0.3, 0.4) is 0 Å². The van der Waals surface area contributed by atoms with Crippen LogP contribution in [0.5, 0.6) is 0 Å². The Bertz CT molecular complexity index is 818. The molecule has 1 aliphatic rings. The normalized spacial score (nSPS) is 21.3. The fraction of sp³-hybridized carbons (Fsp3) is 0.400. The molecule has 1 aromatic heterocycles. The molecular formula is C20H24F2N4O2. The minimum absolute atomic E-state index is 0.00835. The van der Waals surface area contributed by atoms with Gasteiger partial charge in [-0.25, -0.2) is 8.78 Å². The summed E-state index contributed by atoms with van der Waals surface area (Å²) in [6.45, 7) is 5.10. The molecule has 0 radical (unpaired) electrons. The first kappa shape index (κ1) is 20.2. The largest absolute Gasteiger partial charge is 0.382 e. The Morgan fingerprint density at radius 1 is 1.29 bits per heavy atom. The van der Waals surface area contributed by atoms with Crippen molar-refractivity contribution in [1.82, 2.24) is 9.88 Å². The van der Waals surface area contributed by atoms with Gasteiger partial charge in [0, 0.05) is 37.6 Å². The minimum atomic E-state index is -0.627. The van der Waals surface area contributed by atoms with Gasteiger partial charge in [0.2, 0.25) is 0 Å². The van der Waals surface area contributed by atoms with Crippen LogP contribution in [0.15, 0.2) is 36.7 Å². The number of amides is 1. The molecule has 1 saturated heterocycles. The van der Waals surface area contributed by atoms with Crippen molar-refractivity contribution in [2.45, 2.75) is 32.1 Å². The summed E-state index contributed by atoms with van der Waals surface area (Å²) in [6, 6.07) is 4.86. The number of carbonyl (C=O) groups is 1. The van der Waals surface area contributed by atoms with Gasteiger partial charge in [0.15, 0.2) is 0 Å². The van der Waals surface area contributed by atoms with Gasteiger partial charge in [-0.3, -0.25) is 14.7 Å². The summed E-state index contributed by atoms with van der Waals surface area (Å²) in [4.78, 5) is 17.5. The summed E-state index contributed by atoms with van der Waals surface area (Å²) in [6.07, 6.45) is 2.75. The van der Waals surface area contributed by atoms with E-state index in [9.17, 15) is 13.6 Å². The molecule has 6 nitrogen and oxygen atoms in total. The lowest BCUT2D eigenvalue weighted by Crippen LogP contribution is -2.48. The molecule has 8 heteroatoms. The van der Waals surface area contributed by atoms with Crippen LogP contribution in [0.2, 0.25) is 0 Å². The maximum Gasteiger partial charge on any atom is 0.252 e. The van der Waals surface area contributed by atoms with Gasteiger partial charge >= 0.3 is 0 Å². The van der Waals surface area contributed by atoms with E-state index in [2.05, 4.69) is 10.3 Å². The maximum atomic E-state index is 14.6. The number of hydrogen-bond donors (Lipinski definition) is 2. The van der Waals surface area contributed by atoms with Gasteiger partial charge in [-0.05, 0) is 32.0 Å². The highest BCUT2D eigenvalue weighted by molar-refractivity contribution is 5.98. The number of aromatic nitrogens is 1. The van der Waals surface area contributed by atoms with Crippen LogP contribution in [0.1, 0.15) is 35.8 Å². The number of rotatable bonds is 6. The molecule has 0 bridgehead atoms. The molecule has 3 atom stereocenters. The van der Waals surface area contributed by atoms with Gasteiger partial charge in [0.1, 0.15) is 11.6 Å². The second-order valence-electron chi connectivity index (χ2n) is 7.03. The van der Waals surface area contributed by atoms with E-state index in [-0.39, 0.29) is 29.9 Å². The number of pyridine rings is 1. The standard InChI is InChI=1S/C20H24F2N4O2/c1-12-10-26(11-13(2)28-12)18(19-15(21)4-3-5-16(19)22)9-25-17-6-7-24-8-14(17)20(23)27/h3-8,12-13,18H,9-11H2,1-2H3,(H2,23,27)(H,24,25). The van der Waals surface area contributed by atoms with Crippen LogP contribution in [0, 0.1) is 11.6 Å². The van der Waals surface area contributed by atoms with E-state index >= 15 is 0 Å². The number of benzene rings is 1. The number of nitrogens with two attached hydrogens (primary N) is 1. The molecule has 1 aromatic carbocycles. The molecule has 0 spiro atoms. The summed E-state index contributed by atoms with van der Waals surface area (Å²) in [7, 11) is 0. The zero-order chi connectivity index (χ0) is 20.3. The van der Waals surface area contributed by atoms with E-state index in [0.717, 1.165) is 0 Å². The molecule has 0 saturated carbocycles. The number of anilines is 1. The van der Waals surface area contributed by atoms with Crippen molar-refractivity contribution in [3.05, 3.63) is 59.4 Å². The molecule has 3 unspecified atom stereocenters. The minimum Gasteiger partial charge on any atom is -0.382 e. The molecule has 1 fully saturated rings. The van der Waals surface area contributed by atoms with Crippen molar-refractivity contribution in [1.29, 1.82) is 0 Å². The summed E-state index contributed by atoms with van der Waals surface area (Å²) >= 11 is 0. The van der Waals surface area contributed by atoms with Crippen LogP contribution in [0.4, 0.5) is 14.5 Å². The zero-order valence-electron chi connectivity index (χ0n) is 15.9. The Morgan fingerprint density at radius 2 is 1.93 bits per heavy atom. The van der Waals surface area contributed by atoms with Crippen LogP contribution in [-0.4, -0.2) is 47.6 Å². The average Bonchev–Trinajstić information content (AvgIpc) is 2.63. The van der Waals surface area contributed by atoms with Crippen molar-refractivity contribution in [2.24, 2.45) is 5.73 Å². The number of nitrogens with one attached hydrogen (secondary N) is 1. The summed E-state index contributed by atoms with van der Waals surface area (Å²) in [5.41, 5.74) is 6.08. The highest BCUT2D eigenvalue weighted by atomic mass is 19.1. The van der Waals surface area contributed by atoms with E-state index in [4.69, 9.17) is 10.5 Å². The second kappa shape index (κ2) is 8.62. The third kappa shape index (κ3) is 4.45. The Hall–Kier alpha value is -2.58. The lowest BCUT2D eigenvalue weighted by atomic mass is 10.0. The monoisotopic (exact) mass is 390 g/mol. The highest BCUT2D eigenvalue weighted by Gasteiger charge is 2.32. The first-order valence-corrected chi connectivity index (χ1v) is 9.18. The van der Waals surface area contributed by atoms with E-state index in [1.165, 1.54) is 30.6 Å². The molecule has 1 amide bonds. The van der Waals surface area contributed by atoms with Gasteiger partial charge in [0.05, 0.1) is 29.5 Å². The number of primary amides is 1. The van der Waals surface area contributed by atoms with Crippen molar-refractivity contribution in [3.63, 3.8) is 0 Å². The van der Waals surface area contributed by atoms with Gasteiger partial charge in [0.25, 0.3) is 5.91 Å². The Kier molecular flexibility index (Phi) is 6.21. The van der Waals surface area contributed by atoms with Gasteiger partial charge in [-0.1, -0.05) is 6.07 Å². The van der Waals surface area contributed by atoms with Crippen molar-refractivity contribution in [2.75, 3.05) is 25.0 Å². The van der Waals surface area contributed by atoms with Gasteiger partial charge in [-0.15, -0.1) is 0 Å². The topological polar surface area (TPSA) is 80.5 Å². The van der Waals surface area contributed by atoms with Crippen molar-refractivity contribution in [3.8, 4) is 0 Å². The number of nitrogens with zero attached hydrogens (tertiary/aromatic N) is 2. The molecule has 2 heterocycles. The first-order valence-electron chi connectivity index (χ1n) is 9.18. The molecule has 3 N–H and O–H groups in total. The van der Waals surface area contributed by atoms with Crippen LogP contribution < -0.4 is 11.1 Å². The van der Waals surface area contributed by atoms with Gasteiger partial charge < -0.3 is 15.8 Å². The van der Waals surface area contributed by atoms with E-state index in [1.807, 2.05) is 18.7 Å². The van der Waals surface area contributed by atoms with Crippen molar-refractivity contribution < 1.29 is 18.3 Å². The molecule has 3 rings (SSSR count). The highest BCUT2D eigenvalue weighted by Crippen LogP contribution is 2.30. The number of carbonyl (C=O) groups excluding carboxylic acids is 1. The smallest absolute Gasteiger partial charge is 0.252 e. The Morgan fingerprint density at radius 3 is 2.54 bits per heavy atom. The second-order valence-corrected chi connectivity index (χ2v) is 7.03. The Labute approximate surface area is 162 Å². The number of ether oxygens (including phenoxy) is 1.